The number of ether oxygens (including phenoxy) is 1. The Labute approximate surface area is 126 Å². The molecule has 0 bridgehead atoms. The summed E-state index contributed by atoms with van der Waals surface area (Å²) in [5, 5.41) is 0.724. The Bertz CT molecular complexity index is 636. The van der Waals surface area contributed by atoms with Crippen molar-refractivity contribution in [2.75, 3.05) is 6.61 Å². The number of aldehydes is 1. The number of hydrogen-bond acceptors (Lipinski definition) is 3. The molecule has 0 unspecified atom stereocenters. The van der Waals surface area contributed by atoms with E-state index in [4.69, 9.17) is 27.9 Å². The summed E-state index contributed by atoms with van der Waals surface area (Å²) in [6.07, 6.45) is 0.741. The van der Waals surface area contributed by atoms with E-state index in [1.54, 1.807) is 36.4 Å². The molecule has 0 N–H and O–H groups in total. The standard InChI is InChI=1S/C15H10Cl2O3/c16-13-6-3-11(7-14(13)17)15(19)9-20-12-4-1-10(8-18)2-5-12/h1-8H,9H2. The van der Waals surface area contributed by atoms with Crippen LogP contribution in [0.15, 0.2) is 42.5 Å². The monoisotopic (exact) mass is 308 g/mol. The number of carbonyl (C=O) groups is 2. The third-order valence-electron chi connectivity index (χ3n) is 2.63. The van der Waals surface area contributed by atoms with Gasteiger partial charge in [0.05, 0.1) is 10.0 Å². The van der Waals surface area contributed by atoms with E-state index in [0.29, 0.717) is 26.9 Å². The molecule has 0 aliphatic carbocycles. The molecule has 0 radical (unpaired) electrons. The summed E-state index contributed by atoms with van der Waals surface area (Å²) in [5.74, 6) is 0.312. The second-order valence-electron chi connectivity index (χ2n) is 4.03. The summed E-state index contributed by atoms with van der Waals surface area (Å²) >= 11 is 11.6. The van der Waals surface area contributed by atoms with Crippen molar-refractivity contribution in [2.45, 2.75) is 0 Å². The van der Waals surface area contributed by atoms with E-state index in [-0.39, 0.29) is 12.4 Å². The molecule has 0 atom stereocenters. The molecule has 3 nitrogen and oxygen atoms in total. The summed E-state index contributed by atoms with van der Waals surface area (Å²) in [6.45, 7) is -0.113. The lowest BCUT2D eigenvalue weighted by Gasteiger charge is -2.06. The van der Waals surface area contributed by atoms with Crippen LogP contribution in [0.1, 0.15) is 20.7 Å². The molecule has 0 saturated carbocycles. The van der Waals surface area contributed by atoms with Crippen molar-refractivity contribution >= 4 is 35.3 Å². The van der Waals surface area contributed by atoms with Crippen molar-refractivity contribution in [2.24, 2.45) is 0 Å². The van der Waals surface area contributed by atoms with E-state index in [0.717, 1.165) is 6.29 Å². The number of Topliss-reactive ketones (excluding diaryl/α,β-unsaturated/α-hetero) is 1. The third kappa shape index (κ3) is 3.59. The van der Waals surface area contributed by atoms with E-state index in [2.05, 4.69) is 0 Å². The Hall–Kier alpha value is -1.84. The molecule has 0 aliphatic heterocycles. The molecular weight excluding hydrogens is 299 g/mol. The van der Waals surface area contributed by atoms with Gasteiger partial charge in [0.2, 0.25) is 0 Å². The molecule has 0 spiro atoms. The SMILES string of the molecule is O=Cc1ccc(OCC(=O)c2ccc(Cl)c(Cl)c2)cc1. The maximum atomic E-state index is 11.9. The van der Waals surface area contributed by atoms with Gasteiger partial charge in [0.25, 0.3) is 0 Å². The highest BCUT2D eigenvalue weighted by atomic mass is 35.5. The van der Waals surface area contributed by atoms with E-state index in [9.17, 15) is 9.59 Å². The first kappa shape index (κ1) is 14.6. The first-order chi connectivity index (χ1) is 9.60. The Kier molecular flexibility index (Phi) is 4.77. The minimum atomic E-state index is -0.206. The van der Waals surface area contributed by atoms with Crippen molar-refractivity contribution < 1.29 is 14.3 Å². The maximum Gasteiger partial charge on any atom is 0.200 e. The first-order valence-electron chi connectivity index (χ1n) is 5.76. The molecule has 0 aliphatic rings. The first-order valence-corrected chi connectivity index (χ1v) is 6.52. The van der Waals surface area contributed by atoms with E-state index in [1.165, 1.54) is 6.07 Å². The highest BCUT2D eigenvalue weighted by Crippen LogP contribution is 2.23. The topological polar surface area (TPSA) is 43.4 Å². The van der Waals surface area contributed by atoms with Crippen LogP contribution in [0.3, 0.4) is 0 Å². The number of rotatable bonds is 5. The van der Waals surface area contributed by atoms with Crippen LogP contribution in [-0.2, 0) is 0 Å². The van der Waals surface area contributed by atoms with Gasteiger partial charge in [0.1, 0.15) is 12.0 Å². The molecule has 2 rings (SSSR count). The summed E-state index contributed by atoms with van der Waals surface area (Å²) in [7, 11) is 0. The smallest absolute Gasteiger partial charge is 0.200 e. The normalized spacial score (nSPS) is 10.1. The molecule has 102 valence electrons. The number of halogens is 2. The minimum absolute atomic E-state index is 0.113. The van der Waals surface area contributed by atoms with Crippen molar-refractivity contribution in [1.82, 2.24) is 0 Å². The molecule has 2 aromatic rings. The Morgan fingerprint density at radius 2 is 1.75 bits per heavy atom. The molecule has 0 heterocycles. The lowest BCUT2D eigenvalue weighted by atomic mass is 10.1. The Morgan fingerprint density at radius 3 is 2.35 bits per heavy atom. The molecule has 5 heteroatoms. The van der Waals surface area contributed by atoms with Crippen molar-refractivity contribution in [3.05, 3.63) is 63.6 Å². The quantitative estimate of drug-likeness (QED) is 0.618. The Morgan fingerprint density at radius 1 is 1.05 bits per heavy atom. The largest absolute Gasteiger partial charge is 0.485 e. The average Bonchev–Trinajstić information content (AvgIpc) is 2.48. The number of hydrogen-bond donors (Lipinski definition) is 0. The number of benzene rings is 2. The lowest BCUT2D eigenvalue weighted by Crippen LogP contribution is -2.11. The molecular formula is C15H10Cl2O3. The molecule has 0 fully saturated rings. The maximum absolute atomic E-state index is 11.9. The third-order valence-corrected chi connectivity index (χ3v) is 3.37. The summed E-state index contributed by atoms with van der Waals surface area (Å²) in [4.78, 5) is 22.4. The minimum Gasteiger partial charge on any atom is -0.485 e. The summed E-state index contributed by atoms with van der Waals surface area (Å²) in [5.41, 5.74) is 0.983. The molecule has 0 aromatic heterocycles. The van der Waals surface area contributed by atoms with Gasteiger partial charge in [-0.15, -0.1) is 0 Å². The van der Waals surface area contributed by atoms with Crippen LogP contribution in [0.2, 0.25) is 10.0 Å². The van der Waals surface area contributed by atoms with Crippen LogP contribution in [0.25, 0.3) is 0 Å². The second-order valence-corrected chi connectivity index (χ2v) is 4.84. The fourth-order valence-corrected chi connectivity index (χ4v) is 1.84. The van der Waals surface area contributed by atoms with Crippen LogP contribution in [0.5, 0.6) is 5.75 Å². The van der Waals surface area contributed by atoms with E-state index < -0.39 is 0 Å². The highest BCUT2D eigenvalue weighted by Gasteiger charge is 2.09. The van der Waals surface area contributed by atoms with Crippen molar-refractivity contribution in [3.8, 4) is 5.75 Å². The fraction of sp³-hybridized carbons (Fsp3) is 0.0667. The second kappa shape index (κ2) is 6.55. The summed E-state index contributed by atoms with van der Waals surface area (Å²) < 4.78 is 5.35. The number of ketones is 1. The van der Waals surface area contributed by atoms with Crippen LogP contribution >= 0.6 is 23.2 Å². The zero-order valence-corrected chi connectivity index (χ0v) is 11.8. The van der Waals surface area contributed by atoms with Crippen LogP contribution in [0.4, 0.5) is 0 Å². The summed E-state index contributed by atoms with van der Waals surface area (Å²) in [6, 6.07) is 11.2. The highest BCUT2D eigenvalue weighted by molar-refractivity contribution is 6.42. The lowest BCUT2D eigenvalue weighted by molar-refractivity contribution is 0.0921. The predicted octanol–water partition coefficient (Wildman–Crippen LogP) is 4.07. The zero-order valence-electron chi connectivity index (χ0n) is 10.3. The van der Waals surface area contributed by atoms with Gasteiger partial charge in [-0.3, -0.25) is 9.59 Å². The molecule has 0 amide bonds. The molecule has 2 aromatic carbocycles. The van der Waals surface area contributed by atoms with Gasteiger partial charge in [-0.2, -0.15) is 0 Å². The van der Waals surface area contributed by atoms with E-state index in [1.807, 2.05) is 0 Å². The molecule has 20 heavy (non-hydrogen) atoms. The van der Waals surface area contributed by atoms with Crippen LogP contribution < -0.4 is 4.74 Å². The van der Waals surface area contributed by atoms with Gasteiger partial charge in [-0.25, -0.2) is 0 Å². The van der Waals surface area contributed by atoms with Crippen molar-refractivity contribution in [3.63, 3.8) is 0 Å². The van der Waals surface area contributed by atoms with Crippen LogP contribution in [0, 0.1) is 0 Å². The van der Waals surface area contributed by atoms with Crippen molar-refractivity contribution in [1.29, 1.82) is 0 Å². The van der Waals surface area contributed by atoms with E-state index >= 15 is 0 Å². The van der Waals surface area contributed by atoms with Gasteiger partial charge >= 0.3 is 0 Å². The van der Waals surface area contributed by atoms with Crippen LogP contribution in [-0.4, -0.2) is 18.7 Å². The number of carbonyl (C=O) groups excluding carboxylic acids is 2. The van der Waals surface area contributed by atoms with Gasteiger partial charge < -0.3 is 4.74 Å². The van der Waals surface area contributed by atoms with Gasteiger partial charge in [0.15, 0.2) is 12.4 Å². The predicted molar refractivity (Wildman–Crippen MR) is 78.1 cm³/mol. The zero-order chi connectivity index (χ0) is 14.5. The van der Waals surface area contributed by atoms with Gasteiger partial charge in [-0.05, 0) is 42.5 Å². The average molecular weight is 309 g/mol. The van der Waals surface area contributed by atoms with Gasteiger partial charge in [-0.1, -0.05) is 23.2 Å². The van der Waals surface area contributed by atoms with Gasteiger partial charge in [0, 0.05) is 11.1 Å². The molecule has 0 saturated heterocycles. The Balaban J connectivity index is 2.00. The fourth-order valence-electron chi connectivity index (χ4n) is 1.54.